The van der Waals surface area contributed by atoms with Crippen LogP contribution in [0.2, 0.25) is 0 Å². The minimum atomic E-state index is 0.612. The van der Waals surface area contributed by atoms with Crippen LogP contribution in [0.1, 0.15) is 0 Å². The van der Waals surface area contributed by atoms with Gasteiger partial charge in [0.2, 0.25) is 0 Å². The molecule has 0 spiro atoms. The highest BCUT2D eigenvalue weighted by Gasteiger charge is 2.19. The Balaban J connectivity index is 0.816. The second-order valence-electron chi connectivity index (χ2n) is 17.6. The van der Waals surface area contributed by atoms with Crippen LogP contribution in [-0.2, 0) is 0 Å². The van der Waals surface area contributed by atoms with Crippen molar-refractivity contribution in [2.45, 2.75) is 0 Å². The minimum Gasteiger partial charge on any atom is -0.456 e. The van der Waals surface area contributed by atoms with Crippen LogP contribution < -0.4 is 0 Å². The summed E-state index contributed by atoms with van der Waals surface area (Å²) in [6, 6.07) is 80.4. The van der Waals surface area contributed by atoms with Gasteiger partial charge in [0.1, 0.15) is 22.3 Å². The fraction of sp³-hybridized carbons (Fsp3) is 0. The van der Waals surface area contributed by atoms with Gasteiger partial charge < -0.3 is 13.4 Å². The van der Waals surface area contributed by atoms with Crippen LogP contribution in [0.3, 0.4) is 0 Å². The van der Waals surface area contributed by atoms with Crippen LogP contribution >= 0.6 is 0 Å². The normalized spacial score (nSPS) is 11.8. The van der Waals surface area contributed by atoms with Crippen LogP contribution in [0.15, 0.2) is 239 Å². The average Bonchev–Trinajstić information content (AvgIpc) is 4.10. The maximum absolute atomic E-state index is 6.70. The summed E-state index contributed by atoms with van der Waals surface area (Å²) in [4.78, 5) is 14.9. The van der Waals surface area contributed by atoms with E-state index in [1.807, 2.05) is 66.7 Å². The van der Waals surface area contributed by atoms with E-state index in [4.69, 9.17) is 23.8 Å². The second kappa shape index (κ2) is 15.6. The lowest BCUT2D eigenvalue weighted by Crippen LogP contribution is -2.00. The molecule has 10 aromatic carbocycles. The Bertz CT molecular complexity index is 4250. The number of rotatable bonds is 7. The molecule has 0 amide bonds. The Hall–Kier alpha value is -9.39. The van der Waals surface area contributed by atoms with E-state index in [1.165, 1.54) is 21.9 Å². The first-order chi connectivity index (χ1) is 34.2. The minimum absolute atomic E-state index is 0.612. The molecule has 4 heterocycles. The third-order valence-electron chi connectivity index (χ3n) is 13.5. The predicted octanol–water partition coefficient (Wildman–Crippen LogP) is 16.8. The summed E-state index contributed by atoms with van der Waals surface area (Å²) in [6.07, 6.45) is 0. The quantitative estimate of drug-likeness (QED) is 0.159. The van der Waals surface area contributed by atoms with E-state index >= 15 is 0 Å². The summed E-state index contributed by atoms with van der Waals surface area (Å²) in [5.74, 6) is 1.87. The second-order valence-corrected chi connectivity index (χ2v) is 17.6. The number of hydrogen-bond acceptors (Lipinski definition) is 5. The fourth-order valence-electron chi connectivity index (χ4n) is 10.2. The molecule has 0 aliphatic carbocycles. The number of para-hydroxylation sites is 1. The fourth-order valence-corrected chi connectivity index (χ4v) is 10.2. The molecule has 0 bridgehead atoms. The average molecular weight is 883 g/mol. The molecule has 0 aliphatic heterocycles. The van der Waals surface area contributed by atoms with Gasteiger partial charge >= 0.3 is 0 Å². The molecule has 322 valence electrons. The molecule has 0 saturated heterocycles. The van der Waals surface area contributed by atoms with Gasteiger partial charge in [-0.2, -0.15) is 0 Å². The van der Waals surface area contributed by atoms with Crippen molar-refractivity contribution in [3.05, 3.63) is 231 Å². The zero-order valence-electron chi connectivity index (χ0n) is 37.0. The van der Waals surface area contributed by atoms with Crippen LogP contribution in [0.25, 0.3) is 139 Å². The number of aromatic nitrogens is 4. The Morgan fingerprint density at radius 3 is 1.51 bits per heavy atom. The molecule has 0 aliphatic rings. The highest BCUT2D eigenvalue weighted by Crippen LogP contribution is 2.41. The van der Waals surface area contributed by atoms with Crippen molar-refractivity contribution in [1.82, 2.24) is 19.5 Å². The summed E-state index contributed by atoms with van der Waals surface area (Å²) >= 11 is 0. The van der Waals surface area contributed by atoms with Gasteiger partial charge in [0.05, 0.1) is 11.0 Å². The van der Waals surface area contributed by atoms with Crippen molar-refractivity contribution in [2.24, 2.45) is 0 Å². The van der Waals surface area contributed by atoms with Gasteiger partial charge in [-0.15, -0.1) is 0 Å². The summed E-state index contributed by atoms with van der Waals surface area (Å²) in [6.45, 7) is 0. The molecule has 6 heteroatoms. The van der Waals surface area contributed by atoms with Gasteiger partial charge in [0.25, 0.3) is 0 Å². The van der Waals surface area contributed by atoms with E-state index in [9.17, 15) is 0 Å². The standard InChI is InChI=1S/C63H38N4O2/c1-4-14-39(15-5-1)42-28-33-55-53(35-42)49-22-10-11-24-54(49)67(55)47-29-32-51-50-30-26-43(36-57(50)69-59(51)38-47)44-27-31-52-58(37-44)68-56-25-13-23-48(60(52)56)45-20-12-21-46(34-45)63-65-61(40-16-6-2-7-17-40)64-62(66-63)41-18-8-3-9-19-41/h1-38H. The van der Waals surface area contributed by atoms with E-state index < -0.39 is 0 Å². The number of furan rings is 2. The van der Waals surface area contributed by atoms with E-state index in [1.54, 1.807) is 0 Å². The molecule has 69 heavy (non-hydrogen) atoms. The summed E-state index contributed by atoms with van der Waals surface area (Å²) in [5.41, 5.74) is 16.1. The molecule has 6 nitrogen and oxygen atoms in total. The lowest BCUT2D eigenvalue weighted by molar-refractivity contribution is 0.668. The Morgan fingerprint density at radius 2 is 0.783 bits per heavy atom. The van der Waals surface area contributed by atoms with Crippen molar-refractivity contribution in [1.29, 1.82) is 0 Å². The summed E-state index contributed by atoms with van der Waals surface area (Å²) in [7, 11) is 0. The molecule has 4 aromatic heterocycles. The lowest BCUT2D eigenvalue weighted by Gasteiger charge is -2.10. The van der Waals surface area contributed by atoms with Gasteiger partial charge in [0.15, 0.2) is 17.5 Å². The van der Waals surface area contributed by atoms with Gasteiger partial charge in [0, 0.05) is 60.8 Å². The predicted molar refractivity (Wildman–Crippen MR) is 281 cm³/mol. The first kappa shape index (κ1) is 38.8. The largest absolute Gasteiger partial charge is 0.456 e. The molecule has 0 fully saturated rings. The number of fused-ring (bicyclic) bond motifs is 9. The zero-order chi connectivity index (χ0) is 45.4. The van der Waals surface area contributed by atoms with E-state index in [-0.39, 0.29) is 0 Å². The van der Waals surface area contributed by atoms with Crippen molar-refractivity contribution >= 4 is 65.7 Å². The molecular weight excluding hydrogens is 845 g/mol. The molecule has 0 saturated carbocycles. The SMILES string of the molecule is c1ccc(-c2ccc3c(c2)c2ccccc2n3-c2ccc3c(c2)oc2cc(-c4ccc5c(c4)oc4cccc(-c6cccc(-c7nc(-c8ccccc8)nc(-c8ccccc8)n7)c6)c45)ccc23)cc1. The molecule has 0 radical (unpaired) electrons. The first-order valence-electron chi connectivity index (χ1n) is 23.2. The number of benzene rings is 10. The van der Waals surface area contributed by atoms with Crippen molar-refractivity contribution < 1.29 is 8.83 Å². The first-order valence-corrected chi connectivity index (χ1v) is 23.2. The van der Waals surface area contributed by atoms with Gasteiger partial charge in [-0.05, 0) is 100 Å². The molecule has 0 atom stereocenters. The Morgan fingerprint density at radius 1 is 0.275 bits per heavy atom. The maximum Gasteiger partial charge on any atom is 0.164 e. The van der Waals surface area contributed by atoms with Crippen LogP contribution in [-0.4, -0.2) is 19.5 Å². The Labute approximate surface area is 396 Å². The van der Waals surface area contributed by atoms with E-state index in [0.29, 0.717) is 17.5 Å². The summed E-state index contributed by atoms with van der Waals surface area (Å²) < 4.78 is 15.7. The van der Waals surface area contributed by atoms with E-state index in [2.05, 4.69) is 168 Å². The van der Waals surface area contributed by atoms with Crippen LogP contribution in [0.4, 0.5) is 0 Å². The highest BCUT2D eigenvalue weighted by atomic mass is 16.3. The molecular formula is C63H38N4O2. The summed E-state index contributed by atoms with van der Waals surface area (Å²) in [5, 5.41) is 6.71. The van der Waals surface area contributed by atoms with Crippen molar-refractivity contribution in [3.63, 3.8) is 0 Å². The maximum atomic E-state index is 6.70. The molecule has 0 N–H and O–H groups in total. The number of nitrogens with zero attached hydrogens (tertiary/aromatic N) is 4. The molecule has 14 rings (SSSR count). The van der Waals surface area contributed by atoms with Crippen LogP contribution in [0.5, 0.6) is 0 Å². The monoisotopic (exact) mass is 882 g/mol. The zero-order valence-corrected chi connectivity index (χ0v) is 37.0. The van der Waals surface area contributed by atoms with Crippen molar-refractivity contribution in [3.8, 4) is 73.2 Å². The third-order valence-corrected chi connectivity index (χ3v) is 13.5. The molecule has 14 aromatic rings. The molecule has 0 unspecified atom stereocenters. The van der Waals surface area contributed by atoms with Crippen LogP contribution in [0, 0.1) is 0 Å². The Kier molecular flexibility index (Phi) is 8.79. The smallest absolute Gasteiger partial charge is 0.164 e. The van der Waals surface area contributed by atoms with Gasteiger partial charge in [-0.3, -0.25) is 0 Å². The third kappa shape index (κ3) is 6.53. The topological polar surface area (TPSA) is 69.9 Å². The van der Waals surface area contributed by atoms with Gasteiger partial charge in [-0.25, -0.2) is 15.0 Å². The highest BCUT2D eigenvalue weighted by molar-refractivity contribution is 6.14. The number of hydrogen-bond donors (Lipinski definition) is 0. The van der Waals surface area contributed by atoms with Gasteiger partial charge in [-0.1, -0.05) is 158 Å². The lowest BCUT2D eigenvalue weighted by atomic mass is 9.96. The van der Waals surface area contributed by atoms with E-state index in [0.717, 1.165) is 99.5 Å². The van der Waals surface area contributed by atoms with Crippen molar-refractivity contribution in [2.75, 3.05) is 0 Å².